The van der Waals surface area contributed by atoms with Crippen LogP contribution in [0.3, 0.4) is 0 Å². The fourth-order valence-corrected chi connectivity index (χ4v) is 4.81. The van der Waals surface area contributed by atoms with E-state index in [4.69, 9.17) is 36.8 Å². The highest BCUT2D eigenvalue weighted by atomic mass is 19.1. The summed E-state index contributed by atoms with van der Waals surface area (Å²) in [6.45, 7) is 3.12. The molecule has 1 aromatic heterocycles. The van der Waals surface area contributed by atoms with Gasteiger partial charge in [0.05, 0.1) is 13.2 Å². The van der Waals surface area contributed by atoms with E-state index in [1.807, 2.05) is 18.0 Å². The summed E-state index contributed by atoms with van der Waals surface area (Å²) in [5.41, 5.74) is 16.5. The number of guanidine groups is 1. The van der Waals surface area contributed by atoms with Gasteiger partial charge in [0.2, 0.25) is 11.6 Å². The second-order valence-corrected chi connectivity index (χ2v) is 10.5. The number of ether oxygens (including phenoxy) is 3. The fourth-order valence-electron chi connectivity index (χ4n) is 4.81. The Balaban J connectivity index is 1.81. The zero-order chi connectivity index (χ0) is 34.2. The van der Waals surface area contributed by atoms with Crippen LogP contribution in [0.4, 0.5) is 14.5 Å². The molecule has 0 saturated heterocycles. The number of aliphatic imine (C=N–C) groups is 2. The van der Waals surface area contributed by atoms with Gasteiger partial charge in [0.25, 0.3) is 11.8 Å². The van der Waals surface area contributed by atoms with Gasteiger partial charge < -0.3 is 46.3 Å². The number of esters is 1. The lowest BCUT2D eigenvalue weighted by molar-refractivity contribution is -0.144. The molecule has 47 heavy (non-hydrogen) atoms. The van der Waals surface area contributed by atoms with Crippen molar-refractivity contribution in [2.75, 3.05) is 45.2 Å². The number of nitrogen functional groups attached to an aromatic ring is 1. The summed E-state index contributed by atoms with van der Waals surface area (Å²) in [6, 6.07) is 9.24. The third-order valence-electron chi connectivity index (χ3n) is 7.15. The Morgan fingerprint density at radius 3 is 2.51 bits per heavy atom. The molecular formula is C31H37F2N9O5. The van der Waals surface area contributed by atoms with Gasteiger partial charge in [-0.1, -0.05) is 12.1 Å². The van der Waals surface area contributed by atoms with Crippen LogP contribution in [0.25, 0.3) is 0 Å². The van der Waals surface area contributed by atoms with Gasteiger partial charge in [0, 0.05) is 38.3 Å². The first kappa shape index (κ1) is 34.2. The van der Waals surface area contributed by atoms with Crippen LogP contribution in [0.2, 0.25) is 0 Å². The average molecular weight is 654 g/mol. The molecule has 4 rings (SSSR count). The van der Waals surface area contributed by atoms with Crippen molar-refractivity contribution in [1.82, 2.24) is 9.88 Å². The Bertz CT molecular complexity index is 1700. The van der Waals surface area contributed by atoms with Crippen LogP contribution in [0.1, 0.15) is 30.9 Å². The zero-order valence-corrected chi connectivity index (χ0v) is 26.2. The third kappa shape index (κ3) is 8.14. The molecule has 16 heteroatoms. The molecule has 1 atom stereocenters. The summed E-state index contributed by atoms with van der Waals surface area (Å²) in [5, 5.41) is 18.1. The highest BCUT2D eigenvalue weighted by Gasteiger charge is 2.33. The summed E-state index contributed by atoms with van der Waals surface area (Å²) in [5.74, 6) is -5.15. The maximum atomic E-state index is 16.3. The number of hydrogen-bond acceptors (Lipinski definition) is 11. The van der Waals surface area contributed by atoms with E-state index in [9.17, 15) is 9.90 Å². The molecule has 0 amide bonds. The summed E-state index contributed by atoms with van der Waals surface area (Å²) in [6.07, 6.45) is 0.322. The highest BCUT2D eigenvalue weighted by Crippen LogP contribution is 2.40. The number of rotatable bonds is 14. The van der Waals surface area contributed by atoms with Crippen molar-refractivity contribution in [3.8, 4) is 29.0 Å². The lowest BCUT2D eigenvalue weighted by atomic mass is 10.1. The number of anilines is 1. The minimum absolute atomic E-state index is 0.0176. The molecule has 0 aliphatic carbocycles. The zero-order valence-electron chi connectivity index (χ0n) is 26.2. The normalized spacial score (nSPS) is 13.0. The Morgan fingerprint density at radius 1 is 1.15 bits per heavy atom. The van der Waals surface area contributed by atoms with E-state index >= 15 is 8.78 Å². The van der Waals surface area contributed by atoms with Crippen LogP contribution in [0.15, 0.2) is 52.4 Å². The van der Waals surface area contributed by atoms with E-state index in [2.05, 4.69) is 15.0 Å². The van der Waals surface area contributed by atoms with Gasteiger partial charge in [-0.05, 0) is 50.1 Å². The van der Waals surface area contributed by atoms with Crippen molar-refractivity contribution in [2.24, 2.45) is 27.2 Å². The quantitative estimate of drug-likeness (QED) is 0.0738. The molecule has 2 aromatic carbocycles. The average Bonchev–Trinajstić information content (AvgIpc) is 3.46. The number of halogens is 2. The van der Waals surface area contributed by atoms with Gasteiger partial charge in [-0.25, -0.2) is 4.79 Å². The SMILES string of the molecule is CCOC(=O)C(CCCN=C(N)N)N(C)c1c(F)c(Oc2cccc(C3=NCCN3C)c2)nc(Oc2cc(C(=N)N)ccc2O)c1F. The number of phenolic OH excluding ortho intramolecular Hbond substituents is 1. The van der Waals surface area contributed by atoms with Crippen LogP contribution < -0.4 is 31.6 Å². The highest BCUT2D eigenvalue weighted by molar-refractivity contribution is 6.00. The Kier molecular flexibility index (Phi) is 11.0. The van der Waals surface area contributed by atoms with Crippen molar-refractivity contribution in [2.45, 2.75) is 25.8 Å². The first-order valence-corrected chi connectivity index (χ1v) is 14.6. The molecular weight excluding hydrogens is 616 g/mol. The van der Waals surface area contributed by atoms with Gasteiger partial charge >= 0.3 is 5.97 Å². The molecule has 0 bridgehead atoms. The van der Waals surface area contributed by atoms with Crippen molar-refractivity contribution in [3.63, 3.8) is 0 Å². The Labute approximate surface area is 270 Å². The van der Waals surface area contributed by atoms with Gasteiger partial charge in [0.1, 0.15) is 29.1 Å². The van der Waals surface area contributed by atoms with E-state index in [0.717, 1.165) is 11.4 Å². The van der Waals surface area contributed by atoms with E-state index < -0.39 is 46.8 Å². The predicted molar refractivity (Wildman–Crippen MR) is 173 cm³/mol. The van der Waals surface area contributed by atoms with E-state index in [1.54, 1.807) is 25.1 Å². The number of amidine groups is 2. The lowest BCUT2D eigenvalue weighted by Gasteiger charge is -2.29. The number of pyridine rings is 1. The molecule has 0 fully saturated rings. The summed E-state index contributed by atoms with van der Waals surface area (Å²) in [7, 11) is 3.19. The van der Waals surface area contributed by atoms with E-state index in [1.165, 1.54) is 25.2 Å². The first-order chi connectivity index (χ1) is 22.4. The number of carbonyl (C=O) groups is 1. The van der Waals surface area contributed by atoms with Crippen LogP contribution in [0, 0.1) is 17.0 Å². The predicted octanol–water partition coefficient (Wildman–Crippen LogP) is 3.05. The number of benzene rings is 2. The fraction of sp³-hybridized carbons (Fsp3) is 0.323. The molecule has 14 nitrogen and oxygen atoms in total. The number of aromatic nitrogens is 1. The summed E-state index contributed by atoms with van der Waals surface area (Å²) in [4.78, 5) is 28.4. The van der Waals surface area contributed by atoms with Crippen LogP contribution >= 0.6 is 0 Å². The molecule has 0 spiro atoms. The Hall–Kier alpha value is -5.67. The molecule has 3 aromatic rings. The van der Waals surface area contributed by atoms with Gasteiger partial charge in [-0.15, -0.1) is 0 Å². The van der Waals surface area contributed by atoms with Gasteiger partial charge in [-0.2, -0.15) is 13.8 Å². The lowest BCUT2D eigenvalue weighted by Crippen LogP contribution is -2.41. The smallest absolute Gasteiger partial charge is 0.328 e. The molecule has 0 radical (unpaired) electrons. The number of hydrogen-bond donors (Lipinski definition) is 5. The number of aromatic hydroxyl groups is 1. The number of likely N-dealkylation sites (N-methyl/N-ethyl adjacent to an activating group) is 2. The standard InChI is InChI=1S/C31H37F2N9O5/c1-4-45-30(44)20(9-6-12-39-31(36)37)42(3)25-23(32)28(46-19-8-5-7-18(15-19)27-38-13-14-41(27)2)40-29(24(25)33)47-22-16-17(26(34)35)10-11-21(22)43/h5,7-8,10-11,15-16,20,43H,4,6,9,12-14H2,1-3H3,(H3,34,35)(H4,36,37,39). The Morgan fingerprint density at radius 2 is 1.87 bits per heavy atom. The summed E-state index contributed by atoms with van der Waals surface area (Å²) >= 11 is 0. The maximum absolute atomic E-state index is 16.3. The maximum Gasteiger partial charge on any atom is 0.328 e. The van der Waals surface area contributed by atoms with Crippen molar-refractivity contribution >= 4 is 29.3 Å². The second kappa shape index (κ2) is 15.1. The second-order valence-electron chi connectivity index (χ2n) is 10.5. The minimum atomic E-state index is -1.31. The molecule has 2 heterocycles. The molecule has 1 aliphatic heterocycles. The molecule has 0 saturated carbocycles. The van der Waals surface area contributed by atoms with E-state index in [-0.39, 0.29) is 54.9 Å². The largest absolute Gasteiger partial charge is 0.504 e. The van der Waals surface area contributed by atoms with Gasteiger partial charge in [0.15, 0.2) is 17.5 Å². The number of nitrogens with zero attached hydrogens (tertiary/aromatic N) is 5. The van der Waals surface area contributed by atoms with Crippen LogP contribution in [0.5, 0.6) is 29.0 Å². The molecule has 1 unspecified atom stereocenters. The number of nitrogens with one attached hydrogen (secondary N) is 1. The van der Waals surface area contributed by atoms with Gasteiger partial charge in [-0.3, -0.25) is 15.4 Å². The topological polar surface area (TPSA) is 211 Å². The number of phenols is 1. The minimum Gasteiger partial charge on any atom is -0.504 e. The molecule has 1 aliphatic rings. The van der Waals surface area contributed by atoms with Crippen molar-refractivity contribution in [3.05, 3.63) is 65.2 Å². The van der Waals surface area contributed by atoms with Crippen molar-refractivity contribution < 1.29 is 32.9 Å². The molecule has 250 valence electrons. The van der Waals surface area contributed by atoms with E-state index in [0.29, 0.717) is 17.9 Å². The van der Waals surface area contributed by atoms with Crippen LogP contribution in [-0.4, -0.2) is 85.0 Å². The third-order valence-corrected chi connectivity index (χ3v) is 7.15. The summed E-state index contributed by atoms with van der Waals surface area (Å²) < 4.78 is 49.3. The monoisotopic (exact) mass is 653 g/mol. The number of nitrogens with two attached hydrogens (primary N) is 3. The first-order valence-electron chi connectivity index (χ1n) is 14.6. The number of carbonyl (C=O) groups excluding carboxylic acids is 1. The molecule has 8 N–H and O–H groups in total. The van der Waals surface area contributed by atoms with Crippen molar-refractivity contribution in [1.29, 1.82) is 5.41 Å². The van der Waals surface area contributed by atoms with Crippen LogP contribution in [-0.2, 0) is 9.53 Å².